The summed E-state index contributed by atoms with van der Waals surface area (Å²) in [5.41, 5.74) is 2.45. The Labute approximate surface area is 143 Å². The highest BCUT2D eigenvalue weighted by molar-refractivity contribution is 6.33. The van der Waals surface area contributed by atoms with E-state index in [0.717, 1.165) is 22.3 Å². The van der Waals surface area contributed by atoms with Gasteiger partial charge in [-0.1, -0.05) is 47.1 Å². The molecule has 2 aromatic heterocycles. The number of fused-ring (bicyclic) bond motifs is 1. The number of hydrogen-bond donors (Lipinski definition) is 1. The maximum absolute atomic E-state index is 6.19. The molecule has 0 aliphatic heterocycles. The molecule has 1 N–H and O–H groups in total. The second-order valence-electron chi connectivity index (χ2n) is 5.25. The summed E-state index contributed by atoms with van der Waals surface area (Å²) < 4.78 is 5.39. The van der Waals surface area contributed by atoms with Gasteiger partial charge in [0, 0.05) is 17.0 Å². The fourth-order valence-electron chi connectivity index (χ4n) is 2.51. The minimum atomic E-state index is 0.471. The Morgan fingerprint density at radius 2 is 1.83 bits per heavy atom. The molecular weight excluding hydrogens is 324 g/mol. The van der Waals surface area contributed by atoms with Gasteiger partial charge in [0.2, 0.25) is 0 Å². The summed E-state index contributed by atoms with van der Waals surface area (Å²) in [5.74, 6) is 1.46. The highest BCUT2D eigenvalue weighted by atomic mass is 35.5. The maximum Gasteiger partial charge on any atom is 0.156 e. The fraction of sp³-hybridized carbons (Fsp3) is 0.0556. The molecule has 0 saturated carbocycles. The third-order valence-electron chi connectivity index (χ3n) is 3.68. The van der Waals surface area contributed by atoms with Crippen LogP contribution < -0.4 is 5.32 Å². The molecule has 6 heteroatoms. The van der Waals surface area contributed by atoms with Crippen LogP contribution >= 0.6 is 11.6 Å². The van der Waals surface area contributed by atoms with E-state index in [4.69, 9.17) is 16.1 Å². The lowest BCUT2D eigenvalue weighted by atomic mass is 10.1. The fourth-order valence-corrected chi connectivity index (χ4v) is 2.74. The second-order valence-corrected chi connectivity index (χ2v) is 5.66. The largest absolute Gasteiger partial charge is 0.362 e. The molecule has 0 unspecified atom stereocenters. The van der Waals surface area contributed by atoms with Crippen LogP contribution in [0.15, 0.2) is 65.4 Å². The first-order valence-electron chi connectivity index (χ1n) is 7.45. The SMILES string of the molecule is Clc1ccccc1-c1cc(CNc2ncnc3ccccc23)on1. The topological polar surface area (TPSA) is 63.8 Å². The van der Waals surface area contributed by atoms with Crippen molar-refractivity contribution >= 4 is 28.3 Å². The van der Waals surface area contributed by atoms with Gasteiger partial charge >= 0.3 is 0 Å². The van der Waals surface area contributed by atoms with Gasteiger partial charge in [-0.05, 0) is 18.2 Å². The number of aromatic nitrogens is 3. The molecule has 0 aliphatic carbocycles. The summed E-state index contributed by atoms with van der Waals surface area (Å²) >= 11 is 6.19. The molecule has 4 rings (SSSR count). The van der Waals surface area contributed by atoms with Crippen LogP contribution in [0.1, 0.15) is 5.76 Å². The van der Waals surface area contributed by atoms with Crippen molar-refractivity contribution < 1.29 is 4.52 Å². The molecule has 0 atom stereocenters. The van der Waals surface area contributed by atoms with E-state index < -0.39 is 0 Å². The Hall–Kier alpha value is -2.92. The smallest absolute Gasteiger partial charge is 0.156 e. The predicted molar refractivity (Wildman–Crippen MR) is 93.8 cm³/mol. The molecule has 24 heavy (non-hydrogen) atoms. The highest BCUT2D eigenvalue weighted by Gasteiger charge is 2.10. The summed E-state index contributed by atoms with van der Waals surface area (Å²) in [4.78, 5) is 8.54. The van der Waals surface area contributed by atoms with Gasteiger partial charge in [-0.3, -0.25) is 0 Å². The van der Waals surface area contributed by atoms with E-state index in [1.165, 1.54) is 0 Å². The van der Waals surface area contributed by atoms with E-state index in [1.54, 1.807) is 6.33 Å². The summed E-state index contributed by atoms with van der Waals surface area (Å²) in [6, 6.07) is 17.3. The van der Waals surface area contributed by atoms with E-state index in [2.05, 4.69) is 20.4 Å². The first kappa shape index (κ1) is 14.7. The quantitative estimate of drug-likeness (QED) is 0.592. The zero-order chi connectivity index (χ0) is 16.4. The van der Waals surface area contributed by atoms with Gasteiger partial charge in [0.25, 0.3) is 0 Å². The van der Waals surface area contributed by atoms with Crippen molar-refractivity contribution in [2.45, 2.75) is 6.54 Å². The third kappa shape index (κ3) is 2.81. The number of hydrogen-bond acceptors (Lipinski definition) is 5. The standard InChI is InChI=1S/C18H13ClN4O/c19-15-7-3-1-5-13(15)17-9-12(24-23-17)10-20-18-14-6-2-4-8-16(14)21-11-22-18/h1-9,11H,10H2,(H,20,21,22). The zero-order valence-electron chi connectivity index (χ0n) is 12.6. The van der Waals surface area contributed by atoms with E-state index >= 15 is 0 Å². The van der Waals surface area contributed by atoms with Crippen LogP contribution in [0, 0.1) is 0 Å². The molecule has 0 aliphatic rings. The number of anilines is 1. The second kappa shape index (κ2) is 6.29. The lowest BCUT2D eigenvalue weighted by Gasteiger charge is -2.05. The first-order chi connectivity index (χ1) is 11.8. The van der Waals surface area contributed by atoms with Gasteiger partial charge in [-0.25, -0.2) is 9.97 Å². The zero-order valence-corrected chi connectivity index (χ0v) is 13.4. The number of halogens is 1. The monoisotopic (exact) mass is 336 g/mol. The van der Waals surface area contributed by atoms with Gasteiger partial charge in [0.15, 0.2) is 5.76 Å². The van der Waals surface area contributed by atoms with Crippen molar-refractivity contribution in [3.63, 3.8) is 0 Å². The number of nitrogens with one attached hydrogen (secondary N) is 1. The molecule has 0 radical (unpaired) electrons. The van der Waals surface area contributed by atoms with Crippen molar-refractivity contribution in [2.24, 2.45) is 0 Å². The first-order valence-corrected chi connectivity index (χ1v) is 7.83. The Morgan fingerprint density at radius 1 is 1.00 bits per heavy atom. The Morgan fingerprint density at radius 3 is 2.75 bits per heavy atom. The van der Waals surface area contributed by atoms with Crippen LogP contribution in [-0.2, 0) is 6.54 Å². The molecule has 5 nitrogen and oxygen atoms in total. The van der Waals surface area contributed by atoms with Crippen molar-refractivity contribution in [1.82, 2.24) is 15.1 Å². The average molecular weight is 337 g/mol. The van der Waals surface area contributed by atoms with E-state index in [0.29, 0.717) is 23.0 Å². The van der Waals surface area contributed by atoms with Crippen molar-refractivity contribution in [2.75, 3.05) is 5.32 Å². The number of nitrogens with zero attached hydrogens (tertiary/aromatic N) is 3. The highest BCUT2D eigenvalue weighted by Crippen LogP contribution is 2.27. The number of rotatable bonds is 4. The summed E-state index contributed by atoms with van der Waals surface area (Å²) in [6.45, 7) is 0.471. The van der Waals surface area contributed by atoms with E-state index in [9.17, 15) is 0 Å². The Bertz CT molecular complexity index is 994. The Balaban J connectivity index is 1.56. The average Bonchev–Trinajstić information content (AvgIpc) is 3.09. The van der Waals surface area contributed by atoms with Crippen molar-refractivity contribution in [3.8, 4) is 11.3 Å². The van der Waals surface area contributed by atoms with Crippen LogP contribution in [-0.4, -0.2) is 15.1 Å². The molecule has 2 heterocycles. The summed E-state index contributed by atoms with van der Waals surface area (Å²) in [6.07, 6.45) is 1.54. The minimum Gasteiger partial charge on any atom is -0.362 e. The molecule has 2 aromatic carbocycles. The third-order valence-corrected chi connectivity index (χ3v) is 4.01. The van der Waals surface area contributed by atoms with Crippen molar-refractivity contribution in [3.05, 3.63) is 71.7 Å². The normalized spacial score (nSPS) is 10.9. The summed E-state index contributed by atoms with van der Waals surface area (Å²) in [7, 11) is 0. The lowest BCUT2D eigenvalue weighted by Crippen LogP contribution is -2.01. The van der Waals surface area contributed by atoms with Gasteiger partial charge in [0.1, 0.15) is 17.8 Å². The van der Waals surface area contributed by atoms with Gasteiger partial charge in [-0.2, -0.15) is 0 Å². The number of para-hydroxylation sites is 1. The van der Waals surface area contributed by atoms with Crippen LogP contribution in [0.5, 0.6) is 0 Å². The molecule has 118 valence electrons. The molecule has 0 bridgehead atoms. The maximum atomic E-state index is 6.19. The molecule has 0 saturated heterocycles. The van der Waals surface area contributed by atoms with Gasteiger partial charge in [0.05, 0.1) is 17.1 Å². The minimum absolute atomic E-state index is 0.471. The molecule has 0 fully saturated rings. The van der Waals surface area contributed by atoms with Crippen LogP contribution in [0.3, 0.4) is 0 Å². The lowest BCUT2D eigenvalue weighted by molar-refractivity contribution is 0.390. The number of benzene rings is 2. The van der Waals surface area contributed by atoms with E-state index in [-0.39, 0.29) is 0 Å². The van der Waals surface area contributed by atoms with Gasteiger partial charge in [-0.15, -0.1) is 0 Å². The van der Waals surface area contributed by atoms with Crippen LogP contribution in [0.25, 0.3) is 22.2 Å². The predicted octanol–water partition coefficient (Wildman–Crippen LogP) is 4.55. The van der Waals surface area contributed by atoms with Crippen LogP contribution in [0.2, 0.25) is 5.02 Å². The molecule has 0 spiro atoms. The Kier molecular flexibility index (Phi) is 3.84. The molecular formula is C18H13ClN4O. The van der Waals surface area contributed by atoms with E-state index in [1.807, 2.05) is 54.6 Å². The molecule has 0 amide bonds. The van der Waals surface area contributed by atoms with Crippen LogP contribution in [0.4, 0.5) is 5.82 Å². The van der Waals surface area contributed by atoms with Gasteiger partial charge < -0.3 is 9.84 Å². The van der Waals surface area contributed by atoms with Crippen molar-refractivity contribution in [1.29, 1.82) is 0 Å². The molecule has 4 aromatic rings. The summed E-state index contributed by atoms with van der Waals surface area (Å²) in [5, 5.41) is 8.96.